The van der Waals surface area contributed by atoms with E-state index in [1.807, 2.05) is 41.3 Å². The normalized spacial score (nSPS) is 15.7. The third-order valence-electron chi connectivity index (χ3n) is 4.90. The number of hydrogen-bond acceptors (Lipinski definition) is 3. The lowest BCUT2D eigenvalue weighted by Crippen LogP contribution is -2.42. The van der Waals surface area contributed by atoms with Crippen molar-refractivity contribution in [1.29, 1.82) is 0 Å². The molecule has 3 aromatic rings. The number of primary amides is 1. The van der Waals surface area contributed by atoms with Crippen LogP contribution >= 0.6 is 0 Å². The van der Waals surface area contributed by atoms with E-state index in [1.54, 1.807) is 24.3 Å². The van der Waals surface area contributed by atoms with Crippen molar-refractivity contribution in [2.24, 2.45) is 5.73 Å². The molecule has 2 amide bonds. The number of nitrogens with zero attached hydrogens (tertiary/aromatic N) is 2. The van der Waals surface area contributed by atoms with Crippen LogP contribution in [0.1, 0.15) is 27.7 Å². The van der Waals surface area contributed by atoms with Crippen molar-refractivity contribution >= 4 is 11.8 Å². The first-order valence-electron chi connectivity index (χ1n) is 9.15. The van der Waals surface area contributed by atoms with Crippen molar-refractivity contribution in [2.75, 3.05) is 13.2 Å². The lowest BCUT2D eigenvalue weighted by molar-refractivity contribution is -0.119. The maximum absolute atomic E-state index is 13.3. The summed E-state index contributed by atoms with van der Waals surface area (Å²) >= 11 is 0. The van der Waals surface area contributed by atoms with Gasteiger partial charge in [-0.2, -0.15) is 0 Å². The zero-order valence-electron chi connectivity index (χ0n) is 15.3. The fourth-order valence-electron chi connectivity index (χ4n) is 3.60. The van der Waals surface area contributed by atoms with E-state index >= 15 is 0 Å². The highest BCUT2D eigenvalue weighted by atomic mass is 16.5. The highest BCUT2D eigenvalue weighted by molar-refractivity contribution is 5.95. The third-order valence-corrected chi connectivity index (χ3v) is 4.90. The van der Waals surface area contributed by atoms with Crippen molar-refractivity contribution in [3.05, 3.63) is 89.7 Å². The van der Waals surface area contributed by atoms with E-state index in [2.05, 4.69) is 16.8 Å². The Labute approximate surface area is 163 Å². The Morgan fingerprint density at radius 3 is 2.43 bits per heavy atom. The number of ether oxygens (including phenoxy) is 1. The highest BCUT2D eigenvalue weighted by Gasteiger charge is 2.32. The van der Waals surface area contributed by atoms with Crippen LogP contribution in [0.4, 0.5) is 0 Å². The molecule has 1 aromatic heterocycles. The summed E-state index contributed by atoms with van der Waals surface area (Å²) < 4.78 is 7.47. The van der Waals surface area contributed by atoms with Crippen LogP contribution in [0.15, 0.2) is 72.9 Å². The second kappa shape index (κ2) is 7.60. The molecule has 2 N–H and O–H groups in total. The van der Waals surface area contributed by atoms with Crippen LogP contribution in [0.5, 0.6) is 5.75 Å². The zero-order chi connectivity index (χ0) is 19.5. The third kappa shape index (κ3) is 3.49. The van der Waals surface area contributed by atoms with Gasteiger partial charge in [-0.05, 0) is 42.0 Å². The molecule has 142 valence electrons. The van der Waals surface area contributed by atoms with E-state index in [0.717, 1.165) is 17.8 Å². The van der Waals surface area contributed by atoms with E-state index in [9.17, 15) is 9.59 Å². The Balaban J connectivity index is 1.62. The van der Waals surface area contributed by atoms with Crippen molar-refractivity contribution in [3.63, 3.8) is 0 Å². The molecule has 0 aliphatic carbocycles. The van der Waals surface area contributed by atoms with E-state index in [1.165, 1.54) is 0 Å². The molecule has 2 aromatic carbocycles. The zero-order valence-corrected chi connectivity index (χ0v) is 15.3. The molecule has 1 atom stereocenters. The van der Waals surface area contributed by atoms with Gasteiger partial charge in [0.25, 0.3) is 11.8 Å². The summed E-state index contributed by atoms with van der Waals surface area (Å²) in [4.78, 5) is 26.0. The van der Waals surface area contributed by atoms with Crippen molar-refractivity contribution in [1.82, 2.24) is 9.47 Å². The molecular formula is C22H21N3O3. The lowest BCUT2D eigenvalue weighted by Gasteiger charge is -2.37. The van der Waals surface area contributed by atoms with Crippen LogP contribution in [0, 0.1) is 0 Å². The van der Waals surface area contributed by atoms with E-state index in [4.69, 9.17) is 10.5 Å². The first kappa shape index (κ1) is 17.9. The molecule has 0 radical (unpaired) electrons. The Kier molecular flexibility index (Phi) is 4.85. The monoisotopic (exact) mass is 375 g/mol. The van der Waals surface area contributed by atoms with Gasteiger partial charge in [-0.1, -0.05) is 30.3 Å². The number of carbonyl (C=O) groups excluding carboxylic acids is 2. The Morgan fingerprint density at radius 1 is 0.964 bits per heavy atom. The Morgan fingerprint density at radius 2 is 1.71 bits per heavy atom. The van der Waals surface area contributed by atoms with Gasteiger partial charge in [-0.3, -0.25) is 9.59 Å². The molecule has 0 saturated carbocycles. The Hall–Kier alpha value is -3.54. The van der Waals surface area contributed by atoms with Crippen LogP contribution in [-0.2, 0) is 11.3 Å². The lowest BCUT2D eigenvalue weighted by atomic mass is 9.99. The van der Waals surface area contributed by atoms with Crippen molar-refractivity contribution in [3.8, 4) is 5.75 Å². The topological polar surface area (TPSA) is 77.6 Å². The number of benzene rings is 2. The average Bonchev–Trinajstić information content (AvgIpc) is 3.21. The molecule has 0 unspecified atom stereocenters. The number of aromatic nitrogens is 1. The molecule has 6 heteroatoms. The first-order chi connectivity index (χ1) is 13.6. The molecule has 2 heterocycles. The van der Waals surface area contributed by atoms with Gasteiger partial charge in [-0.15, -0.1) is 0 Å². The number of amides is 2. The van der Waals surface area contributed by atoms with E-state index in [0.29, 0.717) is 17.9 Å². The SMILES string of the molecule is NC(=O)COc1ccc(C(=O)N2CCn3cccc3[C@@H]2c2ccccc2)cc1. The summed E-state index contributed by atoms with van der Waals surface area (Å²) in [6, 6.07) is 20.8. The summed E-state index contributed by atoms with van der Waals surface area (Å²) in [7, 11) is 0. The highest BCUT2D eigenvalue weighted by Crippen LogP contribution is 2.33. The van der Waals surface area contributed by atoms with Crippen LogP contribution in [-0.4, -0.2) is 34.4 Å². The largest absolute Gasteiger partial charge is 0.484 e. The van der Waals surface area contributed by atoms with Gasteiger partial charge in [-0.25, -0.2) is 0 Å². The minimum Gasteiger partial charge on any atom is -0.484 e. The molecule has 6 nitrogen and oxygen atoms in total. The van der Waals surface area contributed by atoms with Gasteiger partial charge in [0.2, 0.25) is 0 Å². The molecule has 1 aliphatic heterocycles. The van der Waals surface area contributed by atoms with Gasteiger partial charge >= 0.3 is 0 Å². The fourth-order valence-corrected chi connectivity index (χ4v) is 3.60. The second-order valence-electron chi connectivity index (χ2n) is 6.72. The number of fused-ring (bicyclic) bond motifs is 1. The predicted molar refractivity (Wildman–Crippen MR) is 105 cm³/mol. The summed E-state index contributed by atoms with van der Waals surface area (Å²) in [6.07, 6.45) is 2.05. The number of rotatable bonds is 5. The maximum Gasteiger partial charge on any atom is 0.255 e. The number of carbonyl (C=O) groups is 2. The smallest absolute Gasteiger partial charge is 0.255 e. The van der Waals surface area contributed by atoms with Gasteiger partial charge in [0, 0.05) is 30.5 Å². The van der Waals surface area contributed by atoms with Gasteiger partial charge in [0.1, 0.15) is 5.75 Å². The van der Waals surface area contributed by atoms with Crippen LogP contribution in [0.3, 0.4) is 0 Å². The first-order valence-corrected chi connectivity index (χ1v) is 9.15. The van der Waals surface area contributed by atoms with Crippen molar-refractivity contribution in [2.45, 2.75) is 12.6 Å². The quantitative estimate of drug-likeness (QED) is 0.745. The van der Waals surface area contributed by atoms with E-state index in [-0.39, 0.29) is 18.6 Å². The number of nitrogens with two attached hydrogens (primary N) is 1. The standard InChI is InChI=1S/C22H21N3O3/c23-20(26)15-28-18-10-8-17(9-11-18)22(27)25-14-13-24-12-4-7-19(24)21(25)16-5-2-1-3-6-16/h1-12,21H,13-15H2,(H2,23,26)/t21-/m0/s1. The molecule has 4 rings (SSSR count). The summed E-state index contributed by atoms with van der Waals surface area (Å²) in [5.74, 6) is -0.0765. The summed E-state index contributed by atoms with van der Waals surface area (Å²) in [6.45, 7) is 1.20. The predicted octanol–water partition coefficient (Wildman–Crippen LogP) is 2.60. The molecule has 1 aliphatic rings. The maximum atomic E-state index is 13.3. The minimum atomic E-state index is -0.540. The van der Waals surface area contributed by atoms with Crippen LogP contribution in [0.2, 0.25) is 0 Å². The van der Waals surface area contributed by atoms with Crippen molar-refractivity contribution < 1.29 is 14.3 Å². The van der Waals surface area contributed by atoms with Gasteiger partial charge < -0.3 is 19.9 Å². The van der Waals surface area contributed by atoms with Gasteiger partial charge in [0.05, 0.1) is 6.04 Å². The second-order valence-corrected chi connectivity index (χ2v) is 6.72. The fraction of sp³-hybridized carbons (Fsp3) is 0.182. The molecule has 0 fully saturated rings. The Bertz CT molecular complexity index is 980. The van der Waals surface area contributed by atoms with Crippen LogP contribution in [0.25, 0.3) is 0 Å². The molecule has 0 bridgehead atoms. The van der Waals surface area contributed by atoms with E-state index < -0.39 is 5.91 Å². The van der Waals surface area contributed by atoms with Crippen LogP contribution < -0.4 is 10.5 Å². The van der Waals surface area contributed by atoms with Gasteiger partial charge in [0.15, 0.2) is 6.61 Å². The molecule has 0 saturated heterocycles. The number of hydrogen-bond donors (Lipinski definition) is 1. The minimum absolute atomic E-state index is 0.0391. The summed E-state index contributed by atoms with van der Waals surface area (Å²) in [5.41, 5.74) is 7.85. The molecule has 28 heavy (non-hydrogen) atoms. The summed E-state index contributed by atoms with van der Waals surface area (Å²) in [5, 5.41) is 0. The average molecular weight is 375 g/mol. The molecule has 0 spiro atoms. The molecular weight excluding hydrogens is 354 g/mol.